The van der Waals surface area contributed by atoms with Crippen LogP contribution in [0.4, 0.5) is 0 Å². The molecule has 8 heteroatoms. The van der Waals surface area contributed by atoms with Gasteiger partial charge in [-0.1, -0.05) is 24.8 Å². The van der Waals surface area contributed by atoms with E-state index in [1.807, 2.05) is 0 Å². The van der Waals surface area contributed by atoms with Crippen LogP contribution in [0, 0.1) is 0 Å². The topological polar surface area (TPSA) is 58.6 Å². The molecule has 0 radical (unpaired) electrons. The summed E-state index contributed by atoms with van der Waals surface area (Å²) in [4.78, 5) is 2.26. The molecule has 3 aliphatic rings. The highest BCUT2D eigenvalue weighted by Crippen LogP contribution is 2.26. The fourth-order valence-corrected chi connectivity index (χ4v) is 5.51. The van der Waals surface area contributed by atoms with Crippen molar-refractivity contribution in [3.05, 3.63) is 50.2 Å². The van der Waals surface area contributed by atoms with E-state index in [2.05, 4.69) is 31.2 Å². The Balaban J connectivity index is 2.13. The fourth-order valence-electron chi connectivity index (χ4n) is 3.23. The second-order valence-corrected chi connectivity index (χ2v) is 9.05. The maximum atomic E-state index is 6.34. The fraction of sp³-hybridized carbons (Fsp3) is 0.600. The van der Waals surface area contributed by atoms with Crippen molar-refractivity contribution in [3.63, 3.8) is 0 Å². The molecule has 0 saturated carbocycles. The van der Waals surface area contributed by atoms with E-state index >= 15 is 0 Å². The van der Waals surface area contributed by atoms with E-state index in [1.165, 1.54) is 0 Å². The molecule has 0 aromatic carbocycles. The van der Waals surface area contributed by atoms with Crippen LogP contribution in [0.2, 0.25) is 0 Å². The SMILES string of the molecule is C=CCOCC1CN2CC(COCC=C)O[Si](C=C)(O1)OC(COCC=C)C2. The van der Waals surface area contributed by atoms with Crippen molar-refractivity contribution in [2.75, 3.05) is 59.3 Å². The van der Waals surface area contributed by atoms with Gasteiger partial charge >= 0.3 is 8.80 Å². The summed E-state index contributed by atoms with van der Waals surface area (Å²) in [5.41, 5.74) is 1.69. The number of nitrogens with zero attached hydrogens (tertiary/aromatic N) is 1. The van der Waals surface area contributed by atoms with Crippen molar-refractivity contribution in [1.29, 1.82) is 0 Å². The van der Waals surface area contributed by atoms with Crippen LogP contribution >= 0.6 is 0 Å². The van der Waals surface area contributed by atoms with Gasteiger partial charge in [-0.2, -0.15) is 0 Å². The molecule has 2 bridgehead atoms. The molecule has 28 heavy (non-hydrogen) atoms. The predicted octanol–water partition coefficient (Wildman–Crippen LogP) is 1.74. The number of rotatable bonds is 13. The molecule has 3 heterocycles. The van der Waals surface area contributed by atoms with Crippen LogP contribution in [-0.4, -0.2) is 91.3 Å². The van der Waals surface area contributed by atoms with Gasteiger partial charge in [0.2, 0.25) is 0 Å². The van der Waals surface area contributed by atoms with Crippen molar-refractivity contribution in [2.24, 2.45) is 0 Å². The van der Waals surface area contributed by atoms with E-state index in [-0.39, 0.29) is 18.3 Å². The summed E-state index contributed by atoms with van der Waals surface area (Å²) in [6.45, 7) is 19.9. The van der Waals surface area contributed by atoms with Gasteiger partial charge in [0, 0.05) is 19.6 Å². The lowest BCUT2D eigenvalue weighted by atomic mass is 10.2. The predicted molar refractivity (Wildman–Crippen MR) is 110 cm³/mol. The van der Waals surface area contributed by atoms with Crippen molar-refractivity contribution in [1.82, 2.24) is 4.90 Å². The Hall–Kier alpha value is -1.10. The second-order valence-electron chi connectivity index (χ2n) is 6.72. The normalized spacial score (nSPS) is 32.7. The average Bonchev–Trinajstić information content (AvgIpc) is 2.64. The molecule has 3 unspecified atom stereocenters. The number of hydrogen-bond donors (Lipinski definition) is 0. The number of hydrogen-bond acceptors (Lipinski definition) is 7. The Bertz CT molecular complexity index is 452. The van der Waals surface area contributed by atoms with Gasteiger partial charge in [-0.3, -0.25) is 4.90 Å². The Kier molecular flexibility index (Phi) is 10.3. The molecule has 0 aromatic rings. The Morgan fingerprint density at radius 2 is 1.07 bits per heavy atom. The summed E-state index contributed by atoms with van der Waals surface area (Å²) in [5, 5.41) is 0. The van der Waals surface area contributed by atoms with Crippen LogP contribution in [0.15, 0.2) is 50.2 Å². The lowest BCUT2D eigenvalue weighted by molar-refractivity contribution is -0.118. The van der Waals surface area contributed by atoms with Gasteiger partial charge < -0.3 is 27.5 Å². The number of fused-ring (bicyclic) bond motifs is 6. The maximum absolute atomic E-state index is 6.34. The van der Waals surface area contributed by atoms with Crippen LogP contribution in [0.25, 0.3) is 0 Å². The molecule has 3 rings (SSSR count). The first kappa shape index (κ1) is 23.2. The molecule has 3 saturated heterocycles. The summed E-state index contributed by atoms with van der Waals surface area (Å²) in [6, 6.07) is 0. The first-order valence-corrected chi connectivity index (χ1v) is 11.4. The Morgan fingerprint density at radius 1 is 0.714 bits per heavy atom. The zero-order valence-electron chi connectivity index (χ0n) is 16.6. The molecule has 3 fully saturated rings. The van der Waals surface area contributed by atoms with Crippen LogP contribution < -0.4 is 0 Å². The maximum Gasteiger partial charge on any atom is 0.530 e. The highest BCUT2D eigenvalue weighted by Gasteiger charge is 2.49. The summed E-state index contributed by atoms with van der Waals surface area (Å²) in [6.07, 6.45) is 4.65. The molecule has 3 atom stereocenters. The van der Waals surface area contributed by atoms with Gasteiger partial charge in [-0.15, -0.1) is 19.7 Å². The minimum absolute atomic E-state index is 0.172. The van der Waals surface area contributed by atoms with Crippen molar-refractivity contribution < 1.29 is 27.5 Å². The third kappa shape index (κ3) is 7.38. The zero-order chi connectivity index (χ0) is 20.2. The zero-order valence-corrected chi connectivity index (χ0v) is 17.6. The first-order chi connectivity index (χ1) is 13.6. The van der Waals surface area contributed by atoms with Gasteiger partial charge in [0.1, 0.15) is 0 Å². The van der Waals surface area contributed by atoms with Crippen molar-refractivity contribution in [3.8, 4) is 0 Å². The summed E-state index contributed by atoms with van der Waals surface area (Å²) in [5.74, 6) is 0. The van der Waals surface area contributed by atoms with E-state index in [0.29, 0.717) is 59.3 Å². The average molecular weight is 412 g/mol. The summed E-state index contributed by atoms with van der Waals surface area (Å²) in [7, 11) is -3.15. The highest BCUT2D eigenvalue weighted by atomic mass is 28.4. The van der Waals surface area contributed by atoms with Gasteiger partial charge in [0.05, 0.1) is 58.0 Å². The third-order valence-corrected chi connectivity index (χ3v) is 6.73. The smallest absolute Gasteiger partial charge is 0.375 e. The molecular formula is C20H33NO6Si. The van der Waals surface area contributed by atoms with Crippen LogP contribution in [-0.2, 0) is 27.5 Å². The standard InChI is InChI=1S/C20H33NO6Si/c1-5-9-22-15-18-12-21-13-19(16-23-10-6-2)26-28(8-4,25-18)27-20(14-21)17-24-11-7-3/h5-8,18-20H,1-4,9-17H2. The molecule has 3 aliphatic heterocycles. The van der Waals surface area contributed by atoms with E-state index in [1.54, 1.807) is 23.9 Å². The largest absolute Gasteiger partial charge is 0.530 e. The Labute approximate surface area is 169 Å². The summed E-state index contributed by atoms with van der Waals surface area (Å²) < 4.78 is 35.9. The highest BCUT2D eigenvalue weighted by molar-refractivity contribution is 6.66. The molecule has 0 amide bonds. The first-order valence-electron chi connectivity index (χ1n) is 9.60. The molecule has 0 spiro atoms. The molecule has 0 N–H and O–H groups in total. The molecule has 0 aliphatic carbocycles. The van der Waals surface area contributed by atoms with E-state index < -0.39 is 8.80 Å². The molecule has 158 valence electrons. The van der Waals surface area contributed by atoms with Gasteiger partial charge in [0.25, 0.3) is 0 Å². The van der Waals surface area contributed by atoms with Gasteiger partial charge in [0.15, 0.2) is 0 Å². The minimum Gasteiger partial charge on any atom is -0.375 e. The molecule has 0 aromatic heterocycles. The summed E-state index contributed by atoms with van der Waals surface area (Å²) >= 11 is 0. The van der Waals surface area contributed by atoms with Gasteiger partial charge in [-0.05, 0) is 5.70 Å². The van der Waals surface area contributed by atoms with E-state index in [9.17, 15) is 0 Å². The van der Waals surface area contributed by atoms with Crippen LogP contribution in [0.5, 0.6) is 0 Å². The monoisotopic (exact) mass is 411 g/mol. The second kappa shape index (κ2) is 12.5. The lowest BCUT2D eigenvalue weighted by Crippen LogP contribution is -2.63. The Morgan fingerprint density at radius 3 is 1.36 bits per heavy atom. The van der Waals surface area contributed by atoms with Crippen molar-refractivity contribution >= 4 is 8.80 Å². The van der Waals surface area contributed by atoms with E-state index in [0.717, 1.165) is 0 Å². The molecule has 7 nitrogen and oxygen atoms in total. The van der Waals surface area contributed by atoms with Crippen LogP contribution in [0.1, 0.15) is 0 Å². The third-order valence-electron chi connectivity index (χ3n) is 4.25. The molecular weight excluding hydrogens is 378 g/mol. The van der Waals surface area contributed by atoms with Crippen LogP contribution in [0.3, 0.4) is 0 Å². The number of ether oxygens (including phenoxy) is 3. The minimum atomic E-state index is -3.15. The quantitative estimate of drug-likeness (QED) is 0.260. The van der Waals surface area contributed by atoms with E-state index in [4.69, 9.17) is 27.5 Å². The van der Waals surface area contributed by atoms with Crippen molar-refractivity contribution in [2.45, 2.75) is 18.3 Å². The lowest BCUT2D eigenvalue weighted by Gasteiger charge is -2.45. The van der Waals surface area contributed by atoms with Gasteiger partial charge in [-0.25, -0.2) is 0 Å².